The van der Waals surface area contributed by atoms with Gasteiger partial charge >= 0.3 is 18.4 Å². The lowest BCUT2D eigenvalue weighted by molar-refractivity contribution is -0.140. The molecule has 2 heterocycles. The Hall–Kier alpha value is -3.05. The molecule has 0 saturated carbocycles. The number of nitrogens with zero attached hydrogens (tertiary/aromatic N) is 3. The zero-order valence-corrected chi connectivity index (χ0v) is 16.1. The van der Waals surface area contributed by atoms with Crippen LogP contribution in [0.2, 0.25) is 0 Å². The summed E-state index contributed by atoms with van der Waals surface area (Å²) in [5.74, 6) is -1.77. The third-order valence-electron chi connectivity index (χ3n) is 4.81. The third kappa shape index (κ3) is 5.00. The number of aromatic nitrogens is 1. The second-order valence-electron chi connectivity index (χ2n) is 6.98. The van der Waals surface area contributed by atoms with Crippen molar-refractivity contribution in [1.29, 1.82) is 0 Å². The van der Waals surface area contributed by atoms with Crippen LogP contribution in [0.5, 0.6) is 0 Å². The highest BCUT2D eigenvalue weighted by molar-refractivity contribution is 5.89. The van der Waals surface area contributed by atoms with E-state index in [0.717, 1.165) is 12.1 Å². The van der Waals surface area contributed by atoms with Crippen LogP contribution in [0.3, 0.4) is 0 Å². The van der Waals surface area contributed by atoms with Gasteiger partial charge in [-0.05, 0) is 37.3 Å². The van der Waals surface area contributed by atoms with E-state index in [1.165, 1.54) is 22.1 Å². The molecule has 3 rings (SSSR count). The van der Waals surface area contributed by atoms with Crippen LogP contribution in [0.4, 0.5) is 47.0 Å². The van der Waals surface area contributed by atoms with Crippen LogP contribution in [-0.4, -0.2) is 41.6 Å². The SMILES string of the molecule is CC1CN(c2ncccc2C(F)(F)F)CCN1C(=O)Nc1ccc(C(F)(F)F)c(F)c1. The van der Waals surface area contributed by atoms with Gasteiger partial charge in [0.2, 0.25) is 0 Å². The standard InChI is InChI=1S/C19H17F7N4O/c1-11-10-29(16-14(19(24,25)26)3-2-6-27-16)7-8-30(11)17(31)28-12-4-5-13(15(20)9-12)18(21,22)23/h2-6,9,11H,7-8,10H2,1H3,(H,28,31). The third-order valence-corrected chi connectivity index (χ3v) is 4.81. The fourth-order valence-corrected chi connectivity index (χ4v) is 3.34. The molecule has 1 aromatic carbocycles. The van der Waals surface area contributed by atoms with Gasteiger partial charge in [-0.25, -0.2) is 14.2 Å². The number of hydrogen-bond donors (Lipinski definition) is 1. The molecule has 1 aromatic heterocycles. The minimum absolute atomic E-state index is 0.0317. The molecule has 1 aliphatic rings. The van der Waals surface area contributed by atoms with E-state index in [0.29, 0.717) is 12.1 Å². The highest BCUT2D eigenvalue weighted by Crippen LogP contribution is 2.36. The number of rotatable bonds is 2. The molecule has 0 bridgehead atoms. The zero-order valence-electron chi connectivity index (χ0n) is 16.1. The number of alkyl halides is 6. The fourth-order valence-electron chi connectivity index (χ4n) is 3.34. The Labute approximate surface area is 172 Å². The van der Waals surface area contributed by atoms with Crippen molar-refractivity contribution < 1.29 is 35.5 Å². The van der Waals surface area contributed by atoms with Crippen LogP contribution in [0.1, 0.15) is 18.1 Å². The van der Waals surface area contributed by atoms with Crippen molar-refractivity contribution >= 4 is 17.5 Å². The minimum Gasteiger partial charge on any atom is -0.352 e. The summed E-state index contributed by atoms with van der Waals surface area (Å²) in [5.41, 5.74) is -2.52. The first kappa shape index (κ1) is 22.6. The summed E-state index contributed by atoms with van der Waals surface area (Å²) >= 11 is 0. The molecule has 0 spiro atoms. The Kier molecular flexibility index (Phi) is 6.01. The molecule has 1 atom stereocenters. The van der Waals surface area contributed by atoms with Crippen LogP contribution in [-0.2, 0) is 12.4 Å². The van der Waals surface area contributed by atoms with Gasteiger partial charge in [0.05, 0.1) is 11.1 Å². The quantitative estimate of drug-likeness (QED) is 0.656. The van der Waals surface area contributed by atoms with E-state index in [-0.39, 0.29) is 31.1 Å². The van der Waals surface area contributed by atoms with Gasteiger partial charge in [-0.2, -0.15) is 26.3 Å². The molecule has 0 aliphatic carbocycles. The van der Waals surface area contributed by atoms with E-state index < -0.39 is 41.4 Å². The van der Waals surface area contributed by atoms with E-state index >= 15 is 0 Å². The molecular weight excluding hydrogens is 433 g/mol. The Morgan fingerprint density at radius 3 is 2.32 bits per heavy atom. The number of benzene rings is 1. The predicted molar refractivity (Wildman–Crippen MR) is 98.0 cm³/mol. The molecule has 5 nitrogen and oxygen atoms in total. The van der Waals surface area contributed by atoms with E-state index in [1.807, 2.05) is 0 Å². The molecular formula is C19H17F7N4O. The van der Waals surface area contributed by atoms with Crippen molar-refractivity contribution in [2.45, 2.75) is 25.3 Å². The van der Waals surface area contributed by atoms with E-state index in [9.17, 15) is 35.5 Å². The number of pyridine rings is 1. The maximum atomic E-state index is 13.7. The highest BCUT2D eigenvalue weighted by Gasteiger charge is 2.38. The number of nitrogens with one attached hydrogen (secondary N) is 1. The van der Waals surface area contributed by atoms with Gasteiger partial charge in [-0.3, -0.25) is 0 Å². The van der Waals surface area contributed by atoms with Crippen molar-refractivity contribution in [2.75, 3.05) is 29.9 Å². The maximum absolute atomic E-state index is 13.7. The molecule has 1 fully saturated rings. The van der Waals surface area contributed by atoms with Crippen molar-refractivity contribution in [3.8, 4) is 0 Å². The number of piperazine rings is 1. The Morgan fingerprint density at radius 2 is 1.74 bits per heavy atom. The van der Waals surface area contributed by atoms with Crippen molar-refractivity contribution in [3.05, 3.63) is 53.5 Å². The van der Waals surface area contributed by atoms with Crippen LogP contribution < -0.4 is 10.2 Å². The normalized spacial score (nSPS) is 17.6. The summed E-state index contributed by atoms with van der Waals surface area (Å²) in [6, 6.07) is 2.86. The lowest BCUT2D eigenvalue weighted by atomic mass is 10.1. The van der Waals surface area contributed by atoms with E-state index in [4.69, 9.17) is 0 Å². The van der Waals surface area contributed by atoms with Crippen LogP contribution in [0.15, 0.2) is 36.5 Å². The smallest absolute Gasteiger partial charge is 0.352 e. The first-order valence-corrected chi connectivity index (χ1v) is 9.09. The van der Waals surface area contributed by atoms with Crippen molar-refractivity contribution in [3.63, 3.8) is 0 Å². The summed E-state index contributed by atoms with van der Waals surface area (Å²) in [4.78, 5) is 19.0. The van der Waals surface area contributed by atoms with E-state index in [1.54, 1.807) is 6.92 Å². The largest absolute Gasteiger partial charge is 0.419 e. The summed E-state index contributed by atoms with van der Waals surface area (Å²) in [5, 5.41) is 2.32. The second kappa shape index (κ2) is 8.23. The summed E-state index contributed by atoms with van der Waals surface area (Å²) in [6.07, 6.45) is -8.21. The van der Waals surface area contributed by atoms with Crippen LogP contribution in [0, 0.1) is 5.82 Å². The van der Waals surface area contributed by atoms with Gasteiger partial charge in [0, 0.05) is 37.6 Å². The number of carbonyl (C=O) groups excluding carboxylic acids is 1. The van der Waals surface area contributed by atoms with Crippen LogP contribution >= 0.6 is 0 Å². The van der Waals surface area contributed by atoms with Crippen LogP contribution in [0.25, 0.3) is 0 Å². The number of amides is 2. The van der Waals surface area contributed by atoms with Gasteiger partial charge in [-0.1, -0.05) is 0 Å². The van der Waals surface area contributed by atoms with Crippen molar-refractivity contribution in [2.24, 2.45) is 0 Å². The Bertz CT molecular complexity index is 961. The Balaban J connectivity index is 1.70. The maximum Gasteiger partial charge on any atom is 0.419 e. The number of halogens is 7. The fraction of sp³-hybridized carbons (Fsp3) is 0.368. The molecule has 168 valence electrons. The highest BCUT2D eigenvalue weighted by atomic mass is 19.4. The van der Waals surface area contributed by atoms with Gasteiger partial charge in [0.25, 0.3) is 0 Å². The molecule has 31 heavy (non-hydrogen) atoms. The molecule has 2 aromatic rings. The summed E-state index contributed by atoms with van der Waals surface area (Å²) in [6.45, 7) is 1.74. The van der Waals surface area contributed by atoms with Gasteiger partial charge in [0.15, 0.2) is 0 Å². The van der Waals surface area contributed by atoms with Gasteiger partial charge < -0.3 is 15.1 Å². The minimum atomic E-state index is -4.86. The monoisotopic (exact) mass is 450 g/mol. The first-order chi connectivity index (χ1) is 14.4. The van der Waals surface area contributed by atoms with Gasteiger partial charge in [0.1, 0.15) is 11.6 Å². The van der Waals surface area contributed by atoms with Gasteiger partial charge in [-0.15, -0.1) is 0 Å². The predicted octanol–water partition coefficient (Wildman–Crippen LogP) is 5.00. The Morgan fingerprint density at radius 1 is 1.06 bits per heavy atom. The van der Waals surface area contributed by atoms with Crippen molar-refractivity contribution in [1.82, 2.24) is 9.88 Å². The molecule has 0 radical (unpaired) electrons. The lowest BCUT2D eigenvalue weighted by Crippen LogP contribution is -2.55. The number of carbonyl (C=O) groups is 1. The molecule has 12 heteroatoms. The average Bonchev–Trinajstić information content (AvgIpc) is 2.66. The summed E-state index contributed by atoms with van der Waals surface area (Å²) in [7, 11) is 0. The molecule has 1 N–H and O–H groups in total. The number of anilines is 2. The molecule has 2 amide bonds. The number of urea groups is 1. The molecule has 1 unspecified atom stereocenters. The first-order valence-electron chi connectivity index (χ1n) is 9.09. The lowest BCUT2D eigenvalue weighted by Gasteiger charge is -2.40. The zero-order chi connectivity index (χ0) is 23.0. The topological polar surface area (TPSA) is 48.5 Å². The second-order valence-corrected chi connectivity index (χ2v) is 6.98. The molecule has 1 aliphatic heterocycles. The number of hydrogen-bond acceptors (Lipinski definition) is 3. The summed E-state index contributed by atoms with van der Waals surface area (Å²) < 4.78 is 91.4. The van der Waals surface area contributed by atoms with E-state index in [2.05, 4.69) is 10.3 Å². The average molecular weight is 450 g/mol. The molecule has 1 saturated heterocycles.